The number of nitrogen functional groups attached to an aromatic ring is 1. The van der Waals surface area contributed by atoms with E-state index in [0.717, 1.165) is 4.90 Å². The molecule has 0 saturated carbocycles. The van der Waals surface area contributed by atoms with E-state index in [-0.39, 0.29) is 11.5 Å². The fourth-order valence-corrected chi connectivity index (χ4v) is 4.19. The second-order valence-electron chi connectivity index (χ2n) is 4.59. The van der Waals surface area contributed by atoms with E-state index in [2.05, 4.69) is 4.72 Å². The van der Waals surface area contributed by atoms with E-state index in [1.165, 1.54) is 11.8 Å². The highest BCUT2D eigenvalue weighted by Crippen LogP contribution is 2.19. The average molecular weight is 336 g/mol. The van der Waals surface area contributed by atoms with Crippen LogP contribution in [-0.4, -0.2) is 60.6 Å². The summed E-state index contributed by atoms with van der Waals surface area (Å²) in [4.78, 5) is 0.886. The summed E-state index contributed by atoms with van der Waals surface area (Å²) in [5, 5.41) is 27.3. The van der Waals surface area contributed by atoms with Crippen molar-refractivity contribution in [1.82, 2.24) is 4.72 Å². The molecule has 0 aliphatic carbocycles. The van der Waals surface area contributed by atoms with Crippen molar-refractivity contribution in [2.45, 2.75) is 10.4 Å². The average Bonchev–Trinajstić information content (AvgIpc) is 2.47. The molecule has 0 aliphatic heterocycles. The van der Waals surface area contributed by atoms with Crippen LogP contribution in [0.15, 0.2) is 29.2 Å². The number of hydrogen-bond donors (Lipinski definition) is 5. The quantitative estimate of drug-likeness (QED) is 0.288. The van der Waals surface area contributed by atoms with E-state index in [1.807, 2.05) is 0 Å². The summed E-state index contributed by atoms with van der Waals surface area (Å²) >= 11 is 1.34. The number of aliphatic hydroxyl groups excluding tert-OH is 3. The molecule has 0 unspecified atom stereocenters. The second-order valence-corrected chi connectivity index (χ2v) is 7.60. The van der Waals surface area contributed by atoms with Gasteiger partial charge in [-0.1, -0.05) is 0 Å². The molecule has 0 spiro atoms. The molecule has 120 valence electrons. The minimum Gasteiger partial charge on any atom is -0.399 e. The third-order valence-electron chi connectivity index (χ3n) is 2.78. The van der Waals surface area contributed by atoms with E-state index in [1.54, 1.807) is 24.3 Å². The fourth-order valence-electron chi connectivity index (χ4n) is 1.46. The van der Waals surface area contributed by atoms with E-state index in [4.69, 9.17) is 21.1 Å². The highest BCUT2D eigenvalue weighted by Gasteiger charge is 2.32. The van der Waals surface area contributed by atoms with E-state index in [0.29, 0.717) is 5.69 Å². The summed E-state index contributed by atoms with van der Waals surface area (Å²) in [5.41, 5.74) is 4.55. The number of hydrogen-bond acceptors (Lipinski definition) is 7. The van der Waals surface area contributed by atoms with Crippen molar-refractivity contribution < 1.29 is 23.7 Å². The van der Waals surface area contributed by atoms with Crippen LogP contribution in [-0.2, 0) is 10.0 Å². The molecular formula is C12H20N2O5S2. The first kappa shape index (κ1) is 18.2. The number of anilines is 1. The van der Waals surface area contributed by atoms with Gasteiger partial charge < -0.3 is 21.1 Å². The maximum atomic E-state index is 11.9. The number of nitrogens with one attached hydrogen (secondary N) is 1. The molecule has 0 fully saturated rings. The predicted octanol–water partition coefficient (Wildman–Crippen LogP) is -1.00. The van der Waals surface area contributed by atoms with Crippen molar-refractivity contribution in [3.63, 3.8) is 0 Å². The molecule has 0 atom stereocenters. The minimum absolute atomic E-state index is 0.205. The van der Waals surface area contributed by atoms with E-state index < -0.39 is 35.4 Å². The third-order valence-corrected chi connectivity index (χ3v) is 5.54. The maximum Gasteiger partial charge on any atom is 0.213 e. The van der Waals surface area contributed by atoms with Gasteiger partial charge in [-0.05, 0) is 24.3 Å². The van der Waals surface area contributed by atoms with Crippen molar-refractivity contribution >= 4 is 27.5 Å². The van der Waals surface area contributed by atoms with Crippen LogP contribution in [0.4, 0.5) is 5.69 Å². The molecule has 0 radical (unpaired) electrons. The van der Waals surface area contributed by atoms with Crippen LogP contribution in [0.2, 0.25) is 0 Å². The van der Waals surface area contributed by atoms with Gasteiger partial charge in [0, 0.05) is 16.3 Å². The van der Waals surface area contributed by atoms with E-state index >= 15 is 0 Å². The standard InChI is InChI=1S/C12H20N2O5S2/c13-10-1-3-11(4-2-10)20-5-6-21(18,19)14-12(7-15,8-16)9-17/h1-4,14-17H,5-9,13H2. The van der Waals surface area contributed by atoms with Crippen LogP contribution >= 0.6 is 11.8 Å². The lowest BCUT2D eigenvalue weighted by atomic mass is 10.1. The zero-order valence-electron chi connectivity index (χ0n) is 11.4. The van der Waals surface area contributed by atoms with Crippen molar-refractivity contribution in [2.75, 3.05) is 37.1 Å². The zero-order chi connectivity index (χ0) is 15.9. The molecule has 1 aromatic rings. The third kappa shape index (κ3) is 5.81. The molecule has 9 heteroatoms. The topological polar surface area (TPSA) is 133 Å². The lowest BCUT2D eigenvalue weighted by Crippen LogP contribution is -2.57. The number of sulfonamides is 1. The zero-order valence-corrected chi connectivity index (χ0v) is 13.0. The second kappa shape index (κ2) is 7.97. The van der Waals surface area contributed by atoms with Gasteiger partial charge in [-0.2, -0.15) is 0 Å². The normalized spacial score (nSPS) is 12.5. The van der Waals surface area contributed by atoms with Gasteiger partial charge in [0.25, 0.3) is 0 Å². The summed E-state index contributed by atoms with van der Waals surface area (Å²) in [6.07, 6.45) is 0. The van der Waals surface area contributed by atoms with Crippen LogP contribution in [0.1, 0.15) is 0 Å². The Labute approximate surface area is 128 Å². The summed E-state index contributed by atoms with van der Waals surface area (Å²) in [5.74, 6) is 0.0847. The molecule has 0 heterocycles. The van der Waals surface area contributed by atoms with Gasteiger partial charge in [0.2, 0.25) is 10.0 Å². The number of benzene rings is 1. The Bertz CT molecular complexity index is 521. The summed E-state index contributed by atoms with van der Waals surface area (Å²) in [6, 6.07) is 7.03. The highest BCUT2D eigenvalue weighted by molar-refractivity contribution is 8.00. The van der Waals surface area contributed by atoms with Gasteiger partial charge >= 0.3 is 0 Å². The Morgan fingerprint density at radius 1 is 1.10 bits per heavy atom. The Hall–Kier alpha value is -0.840. The van der Waals surface area contributed by atoms with Crippen LogP contribution in [0, 0.1) is 0 Å². The monoisotopic (exact) mass is 336 g/mol. The van der Waals surface area contributed by atoms with Crippen molar-refractivity contribution in [1.29, 1.82) is 0 Å². The molecule has 1 aromatic carbocycles. The first-order valence-electron chi connectivity index (χ1n) is 6.19. The molecule has 0 amide bonds. The lowest BCUT2D eigenvalue weighted by Gasteiger charge is -2.28. The molecular weight excluding hydrogens is 316 g/mol. The first-order valence-corrected chi connectivity index (χ1v) is 8.83. The van der Waals surface area contributed by atoms with Crippen molar-refractivity contribution in [3.05, 3.63) is 24.3 Å². The Balaban J connectivity index is 2.55. The number of thioether (sulfide) groups is 1. The lowest BCUT2D eigenvalue weighted by molar-refractivity contribution is 0.0582. The van der Waals surface area contributed by atoms with Gasteiger partial charge in [-0.15, -0.1) is 11.8 Å². The van der Waals surface area contributed by atoms with Gasteiger partial charge in [-0.25, -0.2) is 13.1 Å². The Morgan fingerprint density at radius 2 is 1.62 bits per heavy atom. The van der Waals surface area contributed by atoms with Crippen LogP contribution in [0.25, 0.3) is 0 Å². The molecule has 0 bridgehead atoms. The first-order chi connectivity index (χ1) is 9.86. The van der Waals surface area contributed by atoms with Crippen LogP contribution < -0.4 is 10.5 Å². The SMILES string of the molecule is Nc1ccc(SCCS(=O)(=O)NC(CO)(CO)CO)cc1. The van der Waals surface area contributed by atoms with Crippen LogP contribution in [0.5, 0.6) is 0 Å². The van der Waals surface area contributed by atoms with Gasteiger partial charge in [0.05, 0.1) is 25.6 Å². The molecule has 21 heavy (non-hydrogen) atoms. The largest absolute Gasteiger partial charge is 0.399 e. The molecule has 6 N–H and O–H groups in total. The number of nitrogens with two attached hydrogens (primary N) is 1. The fraction of sp³-hybridized carbons (Fsp3) is 0.500. The number of aliphatic hydroxyl groups is 3. The van der Waals surface area contributed by atoms with Gasteiger partial charge in [-0.3, -0.25) is 0 Å². The van der Waals surface area contributed by atoms with Gasteiger partial charge in [0.15, 0.2) is 0 Å². The maximum absolute atomic E-state index is 11.9. The molecule has 0 aliphatic rings. The molecule has 1 rings (SSSR count). The van der Waals surface area contributed by atoms with Gasteiger partial charge in [0.1, 0.15) is 5.54 Å². The highest BCUT2D eigenvalue weighted by atomic mass is 32.2. The Kier molecular flexibility index (Phi) is 6.91. The number of rotatable bonds is 9. The summed E-state index contributed by atoms with van der Waals surface area (Å²) < 4.78 is 25.9. The van der Waals surface area contributed by atoms with Crippen molar-refractivity contribution in [2.24, 2.45) is 0 Å². The predicted molar refractivity (Wildman–Crippen MR) is 82.5 cm³/mol. The molecule has 0 saturated heterocycles. The summed E-state index contributed by atoms with van der Waals surface area (Å²) in [7, 11) is -3.73. The minimum atomic E-state index is -3.73. The van der Waals surface area contributed by atoms with Crippen molar-refractivity contribution in [3.8, 4) is 0 Å². The van der Waals surface area contributed by atoms with Crippen LogP contribution in [0.3, 0.4) is 0 Å². The Morgan fingerprint density at radius 3 is 2.10 bits per heavy atom. The molecule has 7 nitrogen and oxygen atoms in total. The van der Waals surface area contributed by atoms with E-state index in [9.17, 15) is 8.42 Å². The smallest absolute Gasteiger partial charge is 0.213 e. The summed E-state index contributed by atoms with van der Waals surface area (Å²) in [6.45, 7) is -2.07. The molecule has 0 aromatic heterocycles.